The summed E-state index contributed by atoms with van der Waals surface area (Å²) >= 11 is 0. The van der Waals surface area contributed by atoms with E-state index in [2.05, 4.69) is 36.2 Å². The van der Waals surface area contributed by atoms with Crippen LogP contribution in [0.5, 0.6) is 0 Å². The molecule has 0 spiro atoms. The molecule has 86 valence electrons. The summed E-state index contributed by atoms with van der Waals surface area (Å²) in [5.41, 5.74) is 7.04. The smallest absolute Gasteiger partial charge is 0.126 e. The number of benzene rings is 1. The number of amidine groups is 1. The van der Waals surface area contributed by atoms with Gasteiger partial charge in [-0.1, -0.05) is 18.2 Å². The van der Waals surface area contributed by atoms with Crippen LogP contribution >= 0.6 is 0 Å². The van der Waals surface area contributed by atoms with Crippen molar-refractivity contribution in [2.24, 2.45) is 16.8 Å². The quantitative estimate of drug-likeness (QED) is 0.821. The van der Waals surface area contributed by atoms with Crippen LogP contribution in [0.4, 0.5) is 5.69 Å². The predicted octanol–water partition coefficient (Wildman–Crippen LogP) is 0.957. The molecule has 0 bridgehead atoms. The van der Waals surface area contributed by atoms with E-state index in [0.29, 0.717) is 5.92 Å². The van der Waals surface area contributed by atoms with Crippen LogP contribution in [0.1, 0.15) is 0 Å². The molecule has 2 N–H and O–H groups in total. The summed E-state index contributed by atoms with van der Waals surface area (Å²) < 4.78 is 0. The molecule has 4 nitrogen and oxygen atoms in total. The predicted molar refractivity (Wildman–Crippen MR) is 67.5 cm³/mol. The number of rotatable bonds is 3. The van der Waals surface area contributed by atoms with Gasteiger partial charge in [0.2, 0.25) is 0 Å². The first-order valence-corrected chi connectivity index (χ1v) is 5.48. The van der Waals surface area contributed by atoms with Crippen LogP contribution in [0.2, 0.25) is 0 Å². The molecule has 1 aromatic rings. The van der Waals surface area contributed by atoms with E-state index in [9.17, 15) is 0 Å². The number of hydrazone groups is 1. The molecule has 1 atom stereocenters. The molecule has 1 aromatic carbocycles. The molecule has 1 unspecified atom stereocenters. The molecular weight excluding hydrogens is 200 g/mol. The highest BCUT2D eigenvalue weighted by molar-refractivity contribution is 5.86. The second-order valence-corrected chi connectivity index (χ2v) is 4.40. The van der Waals surface area contributed by atoms with E-state index in [4.69, 9.17) is 5.73 Å². The molecule has 0 fully saturated rings. The topological polar surface area (TPSA) is 44.9 Å². The number of hydrogen-bond donors (Lipinski definition) is 1. The summed E-state index contributed by atoms with van der Waals surface area (Å²) in [6.45, 7) is 1.81. The lowest BCUT2D eigenvalue weighted by molar-refractivity contribution is 0.375. The number of nitrogens with zero attached hydrogens (tertiary/aromatic N) is 3. The van der Waals surface area contributed by atoms with Crippen LogP contribution in [0, 0.1) is 5.92 Å². The van der Waals surface area contributed by atoms with Crippen molar-refractivity contribution in [3.05, 3.63) is 30.3 Å². The maximum absolute atomic E-state index is 5.94. The Bertz CT molecular complexity index is 372. The van der Waals surface area contributed by atoms with Crippen LogP contribution in [0.15, 0.2) is 35.4 Å². The minimum atomic E-state index is 0.329. The average Bonchev–Trinajstić information content (AvgIpc) is 2.61. The number of para-hydroxylation sites is 1. The second-order valence-electron chi connectivity index (χ2n) is 4.40. The molecule has 4 heteroatoms. The summed E-state index contributed by atoms with van der Waals surface area (Å²) in [6, 6.07) is 10.1. The van der Waals surface area contributed by atoms with Gasteiger partial charge in [0.25, 0.3) is 0 Å². The van der Waals surface area contributed by atoms with Gasteiger partial charge in [-0.15, -0.1) is 0 Å². The Kier molecular flexibility index (Phi) is 3.10. The van der Waals surface area contributed by atoms with Gasteiger partial charge in [0.15, 0.2) is 0 Å². The summed E-state index contributed by atoms with van der Waals surface area (Å²) in [5.74, 6) is 1.06. The average molecular weight is 218 g/mol. The van der Waals surface area contributed by atoms with E-state index in [1.54, 1.807) is 0 Å². The summed E-state index contributed by atoms with van der Waals surface area (Å²) in [7, 11) is 4.11. The fraction of sp³-hybridized carbons (Fsp3) is 0.417. The largest absolute Gasteiger partial charge is 0.385 e. The summed E-state index contributed by atoms with van der Waals surface area (Å²) in [4.78, 5) is 2.14. The lowest BCUT2D eigenvalue weighted by atomic mass is 10.1. The van der Waals surface area contributed by atoms with Gasteiger partial charge in [0, 0.05) is 6.54 Å². The van der Waals surface area contributed by atoms with Gasteiger partial charge in [-0.05, 0) is 26.2 Å². The number of hydrogen-bond acceptors (Lipinski definition) is 4. The zero-order valence-electron chi connectivity index (χ0n) is 9.80. The standard InChI is InChI=1S/C12H18N4/c1-15(2)8-10-9-16(14-12(10)13)11-6-4-3-5-7-11/h3-7,10H,8-9H2,1-2H3,(H2,13,14). The van der Waals surface area contributed by atoms with Crippen molar-refractivity contribution in [1.82, 2.24) is 4.90 Å². The normalized spacial score (nSPS) is 20.3. The fourth-order valence-electron chi connectivity index (χ4n) is 1.92. The first-order valence-electron chi connectivity index (χ1n) is 5.48. The Morgan fingerprint density at radius 1 is 1.38 bits per heavy atom. The third-order valence-electron chi connectivity index (χ3n) is 2.69. The number of nitrogens with two attached hydrogens (primary N) is 1. The summed E-state index contributed by atoms with van der Waals surface area (Å²) in [5, 5.41) is 6.37. The van der Waals surface area contributed by atoms with E-state index in [1.807, 2.05) is 23.2 Å². The molecule has 16 heavy (non-hydrogen) atoms. The van der Waals surface area contributed by atoms with Crippen molar-refractivity contribution < 1.29 is 0 Å². The van der Waals surface area contributed by atoms with E-state index in [-0.39, 0.29) is 0 Å². The van der Waals surface area contributed by atoms with Crippen LogP contribution in [-0.4, -0.2) is 37.9 Å². The molecule has 0 amide bonds. The molecule has 0 saturated heterocycles. The van der Waals surface area contributed by atoms with Crippen LogP contribution in [0.25, 0.3) is 0 Å². The maximum Gasteiger partial charge on any atom is 0.126 e. The highest BCUT2D eigenvalue weighted by Crippen LogP contribution is 2.20. The lowest BCUT2D eigenvalue weighted by Gasteiger charge is -2.18. The molecule has 0 saturated carbocycles. The van der Waals surface area contributed by atoms with E-state index < -0.39 is 0 Å². The Labute approximate surface area is 96.3 Å². The highest BCUT2D eigenvalue weighted by Gasteiger charge is 2.25. The molecule has 0 aliphatic carbocycles. The molecular formula is C12H18N4. The van der Waals surface area contributed by atoms with Crippen LogP contribution in [0.3, 0.4) is 0 Å². The first-order chi connectivity index (χ1) is 7.66. The van der Waals surface area contributed by atoms with Gasteiger partial charge in [0.05, 0.1) is 18.2 Å². The van der Waals surface area contributed by atoms with Gasteiger partial charge >= 0.3 is 0 Å². The maximum atomic E-state index is 5.94. The fourth-order valence-corrected chi connectivity index (χ4v) is 1.92. The van der Waals surface area contributed by atoms with Gasteiger partial charge in [0.1, 0.15) is 5.84 Å². The minimum absolute atomic E-state index is 0.329. The zero-order chi connectivity index (χ0) is 11.5. The highest BCUT2D eigenvalue weighted by atomic mass is 15.5. The summed E-state index contributed by atoms with van der Waals surface area (Å²) in [6.07, 6.45) is 0. The Hall–Kier alpha value is -1.55. The number of anilines is 1. The Morgan fingerprint density at radius 3 is 2.69 bits per heavy atom. The monoisotopic (exact) mass is 218 g/mol. The van der Waals surface area contributed by atoms with Crippen LogP contribution < -0.4 is 10.7 Å². The van der Waals surface area contributed by atoms with Crippen molar-refractivity contribution in [3.63, 3.8) is 0 Å². The zero-order valence-corrected chi connectivity index (χ0v) is 9.80. The SMILES string of the molecule is CN(C)CC1CN(c2ccccc2)N=C1N. The van der Waals surface area contributed by atoms with Crippen molar-refractivity contribution in [2.75, 3.05) is 32.2 Å². The molecule has 2 rings (SSSR count). The van der Waals surface area contributed by atoms with Crippen molar-refractivity contribution in [2.45, 2.75) is 0 Å². The second kappa shape index (κ2) is 4.53. The Morgan fingerprint density at radius 2 is 2.06 bits per heavy atom. The molecule has 1 aliphatic heterocycles. The first kappa shape index (κ1) is 11.0. The third-order valence-corrected chi connectivity index (χ3v) is 2.69. The molecule has 1 heterocycles. The van der Waals surface area contributed by atoms with Crippen molar-refractivity contribution >= 4 is 11.5 Å². The van der Waals surface area contributed by atoms with E-state index in [0.717, 1.165) is 24.6 Å². The van der Waals surface area contributed by atoms with Gasteiger partial charge < -0.3 is 10.6 Å². The van der Waals surface area contributed by atoms with Gasteiger partial charge in [-0.2, -0.15) is 5.10 Å². The van der Waals surface area contributed by atoms with Crippen molar-refractivity contribution in [3.8, 4) is 0 Å². The molecule has 0 radical (unpaired) electrons. The lowest BCUT2D eigenvalue weighted by Crippen LogP contribution is -2.33. The third kappa shape index (κ3) is 2.33. The van der Waals surface area contributed by atoms with E-state index >= 15 is 0 Å². The van der Waals surface area contributed by atoms with E-state index in [1.165, 1.54) is 0 Å². The minimum Gasteiger partial charge on any atom is -0.385 e. The Balaban J connectivity index is 2.07. The molecule has 0 aromatic heterocycles. The van der Waals surface area contributed by atoms with Gasteiger partial charge in [-0.3, -0.25) is 5.01 Å². The van der Waals surface area contributed by atoms with Crippen molar-refractivity contribution in [1.29, 1.82) is 0 Å². The van der Waals surface area contributed by atoms with Crippen LogP contribution in [-0.2, 0) is 0 Å². The molecule has 1 aliphatic rings. The van der Waals surface area contributed by atoms with Gasteiger partial charge in [-0.25, -0.2) is 0 Å².